The van der Waals surface area contributed by atoms with E-state index in [1.54, 1.807) is 36.7 Å². The molecule has 0 aliphatic rings. The van der Waals surface area contributed by atoms with Crippen molar-refractivity contribution in [3.05, 3.63) is 89.2 Å². The van der Waals surface area contributed by atoms with Crippen molar-refractivity contribution in [1.82, 2.24) is 9.97 Å². The van der Waals surface area contributed by atoms with Gasteiger partial charge in [-0.25, -0.2) is 4.98 Å². The molecule has 0 saturated carbocycles. The molecule has 5 nitrogen and oxygen atoms in total. The maximum Gasteiger partial charge on any atom is 0.230 e. The molecular formula is C22H16ClN3O2S. The minimum Gasteiger partial charge on any atom is -0.454 e. The summed E-state index contributed by atoms with van der Waals surface area (Å²) in [5.74, 6) is 0.864. The molecule has 0 unspecified atom stereocenters. The van der Waals surface area contributed by atoms with E-state index in [-0.39, 0.29) is 12.3 Å². The molecule has 2 aromatic heterocycles. The highest BCUT2D eigenvalue weighted by molar-refractivity contribution is 7.13. The van der Waals surface area contributed by atoms with Crippen LogP contribution >= 0.6 is 22.9 Å². The van der Waals surface area contributed by atoms with Gasteiger partial charge in [-0.2, -0.15) is 0 Å². The van der Waals surface area contributed by atoms with Crippen molar-refractivity contribution < 1.29 is 9.53 Å². The summed E-state index contributed by atoms with van der Waals surface area (Å²) in [5.41, 5.74) is 2.21. The molecule has 0 aliphatic carbocycles. The molecule has 144 valence electrons. The number of nitrogens with one attached hydrogen (secondary N) is 1. The van der Waals surface area contributed by atoms with Crippen molar-refractivity contribution in [2.45, 2.75) is 6.42 Å². The molecular weight excluding hydrogens is 406 g/mol. The Bertz CT molecular complexity index is 1130. The highest BCUT2D eigenvalue weighted by Gasteiger charge is 2.13. The molecule has 4 aromatic rings. The standard InChI is InChI=1S/C22H16ClN3O2S/c23-17-7-1-3-9-19(17)28-20-10-4-2-8-18(20)26-21(27)12-16-14-29-22(25-16)15-6-5-11-24-13-15/h1-11,13-14H,12H2,(H,26,27). The van der Waals surface area contributed by atoms with E-state index in [4.69, 9.17) is 16.3 Å². The molecule has 7 heteroatoms. The molecule has 29 heavy (non-hydrogen) atoms. The molecule has 1 N–H and O–H groups in total. The van der Waals surface area contributed by atoms with Crippen LogP contribution in [0.5, 0.6) is 11.5 Å². The average molecular weight is 422 g/mol. The minimum atomic E-state index is -0.178. The lowest BCUT2D eigenvalue weighted by atomic mass is 10.2. The van der Waals surface area contributed by atoms with Gasteiger partial charge in [0, 0.05) is 23.3 Å². The second-order valence-corrected chi connectivity index (χ2v) is 7.40. The van der Waals surface area contributed by atoms with Gasteiger partial charge < -0.3 is 10.1 Å². The molecule has 4 rings (SSSR count). The van der Waals surface area contributed by atoms with Crippen LogP contribution < -0.4 is 10.1 Å². The van der Waals surface area contributed by atoms with Gasteiger partial charge in [-0.05, 0) is 36.4 Å². The number of hydrogen-bond acceptors (Lipinski definition) is 5. The van der Waals surface area contributed by atoms with Gasteiger partial charge in [0.15, 0.2) is 5.75 Å². The Morgan fingerprint density at radius 3 is 2.62 bits per heavy atom. The molecule has 0 spiro atoms. The highest BCUT2D eigenvalue weighted by Crippen LogP contribution is 2.33. The van der Waals surface area contributed by atoms with Gasteiger partial charge in [0.25, 0.3) is 0 Å². The smallest absolute Gasteiger partial charge is 0.230 e. The fraction of sp³-hybridized carbons (Fsp3) is 0.0455. The first-order chi connectivity index (χ1) is 14.2. The van der Waals surface area contributed by atoms with Crippen LogP contribution in [0.15, 0.2) is 78.4 Å². The van der Waals surface area contributed by atoms with Crippen LogP contribution in [0.4, 0.5) is 5.69 Å². The summed E-state index contributed by atoms with van der Waals surface area (Å²) in [6.07, 6.45) is 3.63. The number of halogens is 1. The normalized spacial score (nSPS) is 10.5. The summed E-state index contributed by atoms with van der Waals surface area (Å²) in [6.45, 7) is 0. The predicted molar refractivity (Wildman–Crippen MR) is 116 cm³/mol. The Morgan fingerprint density at radius 1 is 1.03 bits per heavy atom. The zero-order chi connectivity index (χ0) is 20.1. The molecule has 0 aliphatic heterocycles. The summed E-state index contributed by atoms with van der Waals surface area (Å²) >= 11 is 7.66. The Balaban J connectivity index is 1.45. The van der Waals surface area contributed by atoms with Gasteiger partial charge in [0.05, 0.1) is 22.8 Å². The van der Waals surface area contributed by atoms with Crippen LogP contribution in [-0.2, 0) is 11.2 Å². The van der Waals surface area contributed by atoms with Gasteiger partial charge in [-0.15, -0.1) is 11.3 Å². The number of thiazole rings is 1. The fourth-order valence-electron chi connectivity index (χ4n) is 2.67. The number of pyridine rings is 1. The van der Waals surface area contributed by atoms with E-state index in [0.29, 0.717) is 27.9 Å². The molecule has 0 radical (unpaired) electrons. The summed E-state index contributed by atoms with van der Waals surface area (Å²) in [5, 5.41) is 6.11. The first kappa shape index (κ1) is 19.1. The second-order valence-electron chi connectivity index (χ2n) is 6.14. The number of aromatic nitrogens is 2. The molecule has 2 aromatic carbocycles. The van der Waals surface area contributed by atoms with Gasteiger partial charge in [0.2, 0.25) is 5.91 Å². The summed E-state index contributed by atoms with van der Waals surface area (Å²) < 4.78 is 5.89. The molecule has 2 heterocycles. The third-order valence-electron chi connectivity index (χ3n) is 4.02. The summed E-state index contributed by atoms with van der Waals surface area (Å²) in [6, 6.07) is 18.2. The monoisotopic (exact) mass is 421 g/mol. The maximum absolute atomic E-state index is 12.6. The van der Waals surface area contributed by atoms with Gasteiger partial charge >= 0.3 is 0 Å². The number of carbonyl (C=O) groups excluding carboxylic acids is 1. The van der Waals surface area contributed by atoms with E-state index in [9.17, 15) is 4.79 Å². The molecule has 0 atom stereocenters. The number of hydrogen-bond donors (Lipinski definition) is 1. The molecule has 0 fully saturated rings. The Labute approximate surface area is 177 Å². The van der Waals surface area contributed by atoms with Crippen molar-refractivity contribution in [2.75, 3.05) is 5.32 Å². The molecule has 0 saturated heterocycles. The van der Waals surface area contributed by atoms with Crippen LogP contribution in [0.25, 0.3) is 10.6 Å². The minimum absolute atomic E-state index is 0.164. The number of benzene rings is 2. The number of amides is 1. The largest absolute Gasteiger partial charge is 0.454 e. The lowest BCUT2D eigenvalue weighted by molar-refractivity contribution is -0.115. The average Bonchev–Trinajstić information content (AvgIpc) is 3.20. The van der Waals surface area contributed by atoms with Gasteiger partial charge in [-0.1, -0.05) is 35.9 Å². The van der Waals surface area contributed by atoms with Crippen LogP contribution in [0, 0.1) is 0 Å². The molecule has 0 bridgehead atoms. The quantitative estimate of drug-likeness (QED) is 0.425. The van der Waals surface area contributed by atoms with E-state index in [1.807, 2.05) is 41.8 Å². The number of carbonyl (C=O) groups is 1. The summed E-state index contributed by atoms with van der Waals surface area (Å²) in [7, 11) is 0. The zero-order valence-corrected chi connectivity index (χ0v) is 16.8. The number of ether oxygens (including phenoxy) is 1. The van der Waals surface area contributed by atoms with Crippen molar-refractivity contribution >= 4 is 34.5 Å². The Kier molecular flexibility index (Phi) is 5.84. The first-order valence-corrected chi connectivity index (χ1v) is 10.1. The lowest BCUT2D eigenvalue weighted by Gasteiger charge is -2.12. The maximum atomic E-state index is 12.6. The van der Waals surface area contributed by atoms with E-state index in [1.165, 1.54) is 11.3 Å². The number of anilines is 1. The second kappa shape index (κ2) is 8.86. The summed E-state index contributed by atoms with van der Waals surface area (Å²) in [4.78, 5) is 21.2. The van der Waals surface area contributed by atoms with Crippen molar-refractivity contribution in [1.29, 1.82) is 0 Å². The number of rotatable bonds is 6. The Hall–Kier alpha value is -3.22. The van der Waals surface area contributed by atoms with Gasteiger partial charge in [0.1, 0.15) is 10.8 Å². The predicted octanol–water partition coefficient (Wildman–Crippen LogP) is 5.83. The van der Waals surface area contributed by atoms with Crippen LogP contribution in [-0.4, -0.2) is 15.9 Å². The van der Waals surface area contributed by atoms with Crippen molar-refractivity contribution in [2.24, 2.45) is 0 Å². The third-order valence-corrected chi connectivity index (χ3v) is 5.27. The topological polar surface area (TPSA) is 64.1 Å². The third kappa shape index (κ3) is 4.80. The van der Waals surface area contributed by atoms with E-state index in [2.05, 4.69) is 15.3 Å². The number of para-hydroxylation sites is 3. The van der Waals surface area contributed by atoms with Crippen molar-refractivity contribution in [3.8, 4) is 22.1 Å². The first-order valence-electron chi connectivity index (χ1n) is 8.85. The van der Waals surface area contributed by atoms with Gasteiger partial charge in [-0.3, -0.25) is 9.78 Å². The Morgan fingerprint density at radius 2 is 1.83 bits per heavy atom. The van der Waals surface area contributed by atoms with E-state index < -0.39 is 0 Å². The highest BCUT2D eigenvalue weighted by atomic mass is 35.5. The van der Waals surface area contributed by atoms with Crippen LogP contribution in [0.3, 0.4) is 0 Å². The van der Waals surface area contributed by atoms with Crippen LogP contribution in [0.2, 0.25) is 5.02 Å². The zero-order valence-electron chi connectivity index (χ0n) is 15.2. The SMILES string of the molecule is O=C(Cc1csc(-c2cccnc2)n1)Nc1ccccc1Oc1ccccc1Cl. The lowest BCUT2D eigenvalue weighted by Crippen LogP contribution is -2.15. The van der Waals surface area contributed by atoms with Crippen molar-refractivity contribution in [3.63, 3.8) is 0 Å². The fourth-order valence-corrected chi connectivity index (χ4v) is 3.66. The number of nitrogens with zero attached hydrogens (tertiary/aromatic N) is 2. The van der Waals surface area contributed by atoms with Crippen LogP contribution in [0.1, 0.15) is 5.69 Å². The van der Waals surface area contributed by atoms with E-state index in [0.717, 1.165) is 10.6 Å². The van der Waals surface area contributed by atoms with E-state index >= 15 is 0 Å². The molecule has 1 amide bonds.